The van der Waals surface area contributed by atoms with E-state index in [1.807, 2.05) is 18.2 Å². The first kappa shape index (κ1) is 13.4. The van der Waals surface area contributed by atoms with Crippen molar-refractivity contribution >= 4 is 5.91 Å². The van der Waals surface area contributed by atoms with Gasteiger partial charge in [0.05, 0.1) is 6.54 Å². The number of aromatic nitrogens is 1. The average molecular weight is 298 g/mol. The molecule has 1 saturated carbocycles. The smallest absolute Gasteiger partial charge is 0.275 e. The summed E-state index contributed by atoms with van der Waals surface area (Å²) in [5.41, 5.74) is 1.66. The second-order valence-electron chi connectivity index (χ2n) is 6.08. The van der Waals surface area contributed by atoms with Gasteiger partial charge >= 0.3 is 0 Å². The predicted octanol–water partition coefficient (Wildman–Crippen LogP) is 2.63. The number of likely N-dealkylation sites (N-methyl/N-ethyl adjacent to an activating group) is 1. The minimum atomic E-state index is -0.0878. The second kappa shape index (κ2) is 5.16. The standard InChI is InChI=1S/C17H18N2O3/c1-19(9-13-8-12-4-2-3-5-14(12)22-13)17(20)15-16(11-6-7-11)21-10-18-15/h2-5,10-11,13H,6-9H2,1H3/t13-/m1/s1. The van der Waals surface area contributed by atoms with Crippen molar-refractivity contribution in [1.82, 2.24) is 9.88 Å². The third-order valence-electron chi connectivity index (χ3n) is 4.28. The number of hydrogen-bond acceptors (Lipinski definition) is 4. The summed E-state index contributed by atoms with van der Waals surface area (Å²) < 4.78 is 11.3. The van der Waals surface area contributed by atoms with Crippen LogP contribution < -0.4 is 4.74 Å². The van der Waals surface area contributed by atoms with Crippen molar-refractivity contribution in [3.8, 4) is 5.75 Å². The summed E-state index contributed by atoms with van der Waals surface area (Å²) in [6.45, 7) is 0.546. The van der Waals surface area contributed by atoms with Gasteiger partial charge in [0, 0.05) is 19.4 Å². The monoisotopic (exact) mass is 298 g/mol. The number of rotatable bonds is 4. The molecule has 1 atom stereocenters. The molecular weight excluding hydrogens is 280 g/mol. The Morgan fingerprint density at radius 1 is 1.36 bits per heavy atom. The Morgan fingerprint density at radius 2 is 2.18 bits per heavy atom. The molecule has 1 aromatic heterocycles. The molecule has 0 N–H and O–H groups in total. The zero-order valence-electron chi connectivity index (χ0n) is 12.5. The van der Waals surface area contributed by atoms with Crippen molar-refractivity contribution in [2.75, 3.05) is 13.6 Å². The Balaban J connectivity index is 1.43. The SMILES string of the molecule is CN(C[C@H]1Cc2ccccc2O1)C(=O)c1ncoc1C1CC1. The Labute approximate surface area is 128 Å². The number of carbonyl (C=O) groups is 1. The molecule has 1 aliphatic heterocycles. The maximum atomic E-state index is 12.6. The highest BCUT2D eigenvalue weighted by molar-refractivity contribution is 5.93. The molecule has 0 saturated heterocycles. The lowest BCUT2D eigenvalue weighted by atomic mass is 10.1. The summed E-state index contributed by atoms with van der Waals surface area (Å²) in [6.07, 6.45) is 4.38. The summed E-state index contributed by atoms with van der Waals surface area (Å²) in [5.74, 6) is 1.96. The van der Waals surface area contributed by atoms with Gasteiger partial charge in [-0.1, -0.05) is 18.2 Å². The van der Waals surface area contributed by atoms with Crippen LogP contribution in [0.3, 0.4) is 0 Å². The highest BCUT2D eigenvalue weighted by atomic mass is 16.5. The van der Waals surface area contributed by atoms with E-state index in [0.717, 1.165) is 30.8 Å². The third kappa shape index (κ3) is 2.36. The summed E-state index contributed by atoms with van der Waals surface area (Å²) in [4.78, 5) is 18.4. The van der Waals surface area contributed by atoms with Gasteiger partial charge in [-0.05, 0) is 24.5 Å². The molecule has 2 aliphatic rings. The molecule has 0 radical (unpaired) electrons. The molecule has 1 aliphatic carbocycles. The third-order valence-corrected chi connectivity index (χ3v) is 4.28. The maximum Gasteiger partial charge on any atom is 0.275 e. The van der Waals surface area contributed by atoms with Gasteiger partial charge in [0.25, 0.3) is 5.91 Å². The van der Waals surface area contributed by atoms with Gasteiger partial charge in [-0.25, -0.2) is 4.98 Å². The lowest BCUT2D eigenvalue weighted by Crippen LogP contribution is -2.36. The van der Waals surface area contributed by atoms with Gasteiger partial charge in [0.15, 0.2) is 12.1 Å². The lowest BCUT2D eigenvalue weighted by Gasteiger charge is -2.20. The van der Waals surface area contributed by atoms with Crippen molar-refractivity contribution in [1.29, 1.82) is 0 Å². The Bertz CT molecular complexity index is 680. The van der Waals surface area contributed by atoms with Crippen LogP contribution >= 0.6 is 0 Å². The van der Waals surface area contributed by atoms with Gasteiger partial charge in [-0.15, -0.1) is 0 Å². The van der Waals surface area contributed by atoms with E-state index in [9.17, 15) is 4.79 Å². The molecule has 1 aromatic carbocycles. The predicted molar refractivity (Wildman–Crippen MR) is 80.0 cm³/mol. The molecular formula is C17H18N2O3. The first-order chi connectivity index (χ1) is 10.7. The van der Waals surface area contributed by atoms with Crippen LogP contribution in [0.4, 0.5) is 0 Å². The van der Waals surface area contributed by atoms with Crippen molar-refractivity contribution in [3.05, 3.63) is 47.7 Å². The molecule has 0 unspecified atom stereocenters. The van der Waals surface area contributed by atoms with Gasteiger partial charge in [-0.3, -0.25) is 4.79 Å². The highest BCUT2D eigenvalue weighted by Crippen LogP contribution is 2.41. The maximum absolute atomic E-state index is 12.6. The zero-order valence-corrected chi connectivity index (χ0v) is 12.5. The first-order valence-corrected chi connectivity index (χ1v) is 7.66. The van der Waals surface area contributed by atoms with E-state index in [-0.39, 0.29) is 12.0 Å². The molecule has 0 spiro atoms. The van der Waals surface area contributed by atoms with E-state index in [2.05, 4.69) is 11.1 Å². The number of ether oxygens (including phenoxy) is 1. The summed E-state index contributed by atoms with van der Waals surface area (Å²) >= 11 is 0. The number of benzene rings is 1. The van der Waals surface area contributed by atoms with E-state index in [0.29, 0.717) is 18.2 Å². The number of carbonyl (C=O) groups excluding carboxylic acids is 1. The number of hydrogen-bond donors (Lipinski definition) is 0. The van der Waals surface area contributed by atoms with Gasteiger partial charge in [-0.2, -0.15) is 0 Å². The van der Waals surface area contributed by atoms with Crippen LogP contribution in [0.25, 0.3) is 0 Å². The normalized spacial score (nSPS) is 19.6. The fourth-order valence-electron chi connectivity index (χ4n) is 2.98. The van der Waals surface area contributed by atoms with Crippen LogP contribution in [0.15, 0.2) is 35.1 Å². The second-order valence-corrected chi connectivity index (χ2v) is 6.08. The topological polar surface area (TPSA) is 55.6 Å². The molecule has 5 heteroatoms. The highest BCUT2D eigenvalue weighted by Gasteiger charge is 2.34. The van der Waals surface area contributed by atoms with Crippen molar-refractivity contribution < 1.29 is 13.9 Å². The molecule has 1 amide bonds. The van der Waals surface area contributed by atoms with Crippen LogP contribution in [0.5, 0.6) is 5.75 Å². The molecule has 2 aromatic rings. The fraction of sp³-hybridized carbons (Fsp3) is 0.412. The van der Waals surface area contributed by atoms with Crippen LogP contribution in [0.1, 0.15) is 40.6 Å². The van der Waals surface area contributed by atoms with E-state index < -0.39 is 0 Å². The summed E-state index contributed by atoms with van der Waals surface area (Å²) in [7, 11) is 1.79. The van der Waals surface area contributed by atoms with Crippen molar-refractivity contribution in [3.63, 3.8) is 0 Å². The number of para-hydroxylation sites is 1. The molecule has 4 rings (SSSR count). The molecule has 22 heavy (non-hydrogen) atoms. The van der Waals surface area contributed by atoms with Gasteiger partial charge in [0.1, 0.15) is 17.6 Å². The largest absolute Gasteiger partial charge is 0.488 e. The van der Waals surface area contributed by atoms with Crippen LogP contribution in [0, 0.1) is 0 Å². The average Bonchev–Trinajstić information content (AvgIpc) is 3.11. The van der Waals surface area contributed by atoms with Crippen molar-refractivity contribution in [2.24, 2.45) is 0 Å². The van der Waals surface area contributed by atoms with Gasteiger partial charge in [0.2, 0.25) is 0 Å². The Kier molecular flexibility index (Phi) is 3.13. The van der Waals surface area contributed by atoms with Crippen molar-refractivity contribution in [2.45, 2.75) is 31.3 Å². The Morgan fingerprint density at radius 3 is 2.95 bits per heavy atom. The van der Waals surface area contributed by atoms with E-state index in [4.69, 9.17) is 9.15 Å². The quantitative estimate of drug-likeness (QED) is 0.870. The molecule has 1 fully saturated rings. The molecule has 2 heterocycles. The molecule has 0 bridgehead atoms. The fourth-order valence-corrected chi connectivity index (χ4v) is 2.98. The molecule has 114 valence electrons. The Hall–Kier alpha value is -2.30. The first-order valence-electron chi connectivity index (χ1n) is 7.66. The number of oxazole rings is 1. The van der Waals surface area contributed by atoms with Gasteiger partial charge < -0.3 is 14.1 Å². The number of amides is 1. The summed E-state index contributed by atoms with van der Waals surface area (Å²) in [5, 5.41) is 0. The van der Waals surface area contributed by atoms with Crippen LogP contribution in [-0.4, -0.2) is 35.5 Å². The van der Waals surface area contributed by atoms with E-state index in [1.165, 1.54) is 12.0 Å². The van der Waals surface area contributed by atoms with Crippen LogP contribution in [-0.2, 0) is 6.42 Å². The number of nitrogens with zero attached hydrogens (tertiary/aromatic N) is 2. The number of fused-ring (bicyclic) bond motifs is 1. The minimum Gasteiger partial charge on any atom is -0.488 e. The summed E-state index contributed by atoms with van der Waals surface area (Å²) in [6, 6.07) is 8.02. The molecule has 5 nitrogen and oxygen atoms in total. The zero-order chi connectivity index (χ0) is 15.1. The van der Waals surface area contributed by atoms with Crippen LogP contribution in [0.2, 0.25) is 0 Å². The van der Waals surface area contributed by atoms with E-state index in [1.54, 1.807) is 11.9 Å². The lowest BCUT2D eigenvalue weighted by molar-refractivity contribution is 0.0723. The van der Waals surface area contributed by atoms with E-state index >= 15 is 0 Å². The minimum absolute atomic E-state index is 0.00243.